The maximum atomic E-state index is 14.6. The third-order valence-electron chi connectivity index (χ3n) is 7.44. The number of anilines is 1. The molecule has 0 aliphatic rings. The largest absolute Gasteiger partial charge is 0.417 e. The van der Waals surface area contributed by atoms with Crippen molar-refractivity contribution in [2.24, 2.45) is 0 Å². The molecular weight excluding hydrogens is 698 g/mol. The van der Waals surface area contributed by atoms with Gasteiger partial charge in [0.2, 0.25) is 11.8 Å². The fourth-order valence-electron chi connectivity index (χ4n) is 5.09. The number of hydrogen-bond donors (Lipinski definition) is 1. The molecule has 1 N–H and O–H groups in total. The van der Waals surface area contributed by atoms with Gasteiger partial charge in [0, 0.05) is 23.5 Å². The fraction of sp³-hybridized carbons (Fsp3) is 0.278. The van der Waals surface area contributed by atoms with Crippen molar-refractivity contribution in [1.82, 2.24) is 10.2 Å². The molecule has 0 aliphatic heterocycles. The highest BCUT2D eigenvalue weighted by Crippen LogP contribution is 2.38. The minimum atomic E-state index is -4.92. The highest BCUT2D eigenvalue weighted by Gasteiger charge is 2.38. The number of benzene rings is 4. The van der Waals surface area contributed by atoms with Crippen LogP contribution in [0.25, 0.3) is 0 Å². The highest BCUT2D eigenvalue weighted by atomic mass is 35.5. The number of alkyl halides is 3. The van der Waals surface area contributed by atoms with Crippen LogP contribution in [0.15, 0.2) is 102 Å². The SMILES string of the molecule is Cc1ccc(S(=O)(=O)N(CC(=O)N(Cc2cccc(Cl)c2)C(Cc2ccccc2)C(=O)NC(C)(C)C)c2ccc(Cl)c(C(F)(F)F)c2)cc1. The lowest BCUT2D eigenvalue weighted by Gasteiger charge is -2.35. The number of hydrogen-bond acceptors (Lipinski definition) is 4. The number of sulfonamides is 1. The lowest BCUT2D eigenvalue weighted by atomic mass is 10.0. The number of carbonyl (C=O) groups is 2. The van der Waals surface area contributed by atoms with Crippen LogP contribution in [0.5, 0.6) is 0 Å². The molecule has 4 aromatic rings. The molecule has 0 radical (unpaired) electrons. The molecule has 49 heavy (non-hydrogen) atoms. The minimum absolute atomic E-state index is 0.0545. The van der Waals surface area contributed by atoms with Crippen LogP contribution in [-0.2, 0) is 38.8 Å². The summed E-state index contributed by atoms with van der Waals surface area (Å²) in [6.45, 7) is 5.98. The molecule has 0 saturated carbocycles. The van der Waals surface area contributed by atoms with Crippen LogP contribution in [-0.4, -0.2) is 43.3 Å². The molecule has 0 spiro atoms. The molecule has 7 nitrogen and oxygen atoms in total. The van der Waals surface area contributed by atoms with E-state index in [1.807, 2.05) is 0 Å². The molecular formula is C36H36Cl2F3N3O4S. The van der Waals surface area contributed by atoms with Crippen LogP contribution in [0.2, 0.25) is 10.0 Å². The Morgan fingerprint density at radius 2 is 1.47 bits per heavy atom. The van der Waals surface area contributed by atoms with E-state index >= 15 is 0 Å². The third-order valence-corrected chi connectivity index (χ3v) is 9.80. The number of aryl methyl sites for hydroxylation is 1. The molecule has 13 heteroatoms. The van der Waals surface area contributed by atoms with Crippen LogP contribution in [0.3, 0.4) is 0 Å². The molecule has 4 rings (SSSR count). The van der Waals surface area contributed by atoms with Gasteiger partial charge in [0.25, 0.3) is 10.0 Å². The smallest absolute Gasteiger partial charge is 0.350 e. The molecule has 1 unspecified atom stereocenters. The molecule has 260 valence electrons. The summed E-state index contributed by atoms with van der Waals surface area (Å²) in [5, 5.41) is 2.65. The van der Waals surface area contributed by atoms with Gasteiger partial charge in [-0.2, -0.15) is 13.2 Å². The summed E-state index contributed by atoms with van der Waals surface area (Å²) >= 11 is 12.1. The van der Waals surface area contributed by atoms with E-state index in [0.717, 1.165) is 23.3 Å². The Morgan fingerprint density at radius 1 is 0.837 bits per heavy atom. The van der Waals surface area contributed by atoms with Crippen LogP contribution >= 0.6 is 23.2 Å². The van der Waals surface area contributed by atoms with E-state index in [4.69, 9.17) is 23.2 Å². The molecule has 4 aromatic carbocycles. The van der Waals surface area contributed by atoms with Gasteiger partial charge in [-0.3, -0.25) is 13.9 Å². The molecule has 0 aliphatic carbocycles. The zero-order chi connectivity index (χ0) is 36.1. The lowest BCUT2D eigenvalue weighted by Crippen LogP contribution is -2.56. The second kappa shape index (κ2) is 15.2. The van der Waals surface area contributed by atoms with Gasteiger partial charge in [0.1, 0.15) is 12.6 Å². The van der Waals surface area contributed by atoms with Gasteiger partial charge in [-0.25, -0.2) is 8.42 Å². The summed E-state index contributed by atoms with van der Waals surface area (Å²) in [4.78, 5) is 29.5. The lowest BCUT2D eigenvalue weighted by molar-refractivity contribution is -0.140. The standard InChI is InChI=1S/C36H36Cl2F3N3O4S/c1-24-13-16-29(17-14-24)49(47,48)44(28-15-18-31(38)30(21-28)36(39,40)41)23-33(45)43(22-26-11-8-12-27(37)19-26)32(34(46)42-35(2,3)4)20-25-9-6-5-7-10-25/h5-19,21,32H,20,22-23H2,1-4H3,(H,42,46). The van der Waals surface area contributed by atoms with E-state index < -0.39 is 62.4 Å². The maximum Gasteiger partial charge on any atom is 0.417 e. The molecule has 1 atom stereocenters. The first kappa shape index (κ1) is 37.8. The predicted molar refractivity (Wildman–Crippen MR) is 186 cm³/mol. The van der Waals surface area contributed by atoms with E-state index in [1.54, 1.807) is 82.3 Å². The number of nitrogens with one attached hydrogen (secondary N) is 1. The van der Waals surface area contributed by atoms with E-state index in [0.29, 0.717) is 21.0 Å². The van der Waals surface area contributed by atoms with Crippen molar-refractivity contribution in [3.05, 3.63) is 129 Å². The first-order chi connectivity index (χ1) is 22.8. The summed E-state index contributed by atoms with van der Waals surface area (Å²) in [7, 11) is -4.63. The summed E-state index contributed by atoms with van der Waals surface area (Å²) in [6.07, 6.45) is -4.86. The molecule has 0 fully saturated rings. The number of nitrogens with zero attached hydrogens (tertiary/aromatic N) is 2. The van der Waals surface area contributed by atoms with Gasteiger partial charge in [0.05, 0.1) is 21.2 Å². The Bertz CT molecular complexity index is 1900. The third kappa shape index (κ3) is 9.99. The second-order valence-corrected chi connectivity index (χ2v) is 15.3. The number of amides is 2. The number of carbonyl (C=O) groups excluding carboxylic acids is 2. The average molecular weight is 735 g/mol. The average Bonchev–Trinajstić information content (AvgIpc) is 3.01. The van der Waals surface area contributed by atoms with Gasteiger partial charge in [-0.05, 0) is 81.3 Å². The zero-order valence-electron chi connectivity index (χ0n) is 27.3. The zero-order valence-corrected chi connectivity index (χ0v) is 29.6. The maximum absolute atomic E-state index is 14.6. The van der Waals surface area contributed by atoms with Crippen molar-refractivity contribution < 1.29 is 31.2 Å². The monoisotopic (exact) mass is 733 g/mol. The van der Waals surface area contributed by atoms with Crippen LogP contribution < -0.4 is 9.62 Å². The van der Waals surface area contributed by atoms with Crippen LogP contribution in [0.4, 0.5) is 18.9 Å². The van der Waals surface area contributed by atoms with Crippen molar-refractivity contribution in [3.8, 4) is 0 Å². The first-order valence-electron chi connectivity index (χ1n) is 15.2. The van der Waals surface area contributed by atoms with Gasteiger partial charge in [0.15, 0.2) is 0 Å². The normalized spacial score (nSPS) is 12.7. The Hall–Kier alpha value is -4.06. The quantitative estimate of drug-likeness (QED) is 0.169. The van der Waals surface area contributed by atoms with E-state index in [9.17, 15) is 31.2 Å². The van der Waals surface area contributed by atoms with Crippen molar-refractivity contribution in [3.63, 3.8) is 0 Å². The van der Waals surface area contributed by atoms with Gasteiger partial charge in [-0.15, -0.1) is 0 Å². The molecule has 0 aromatic heterocycles. The highest BCUT2D eigenvalue weighted by molar-refractivity contribution is 7.92. The predicted octanol–water partition coefficient (Wildman–Crippen LogP) is 8.07. The van der Waals surface area contributed by atoms with Crippen molar-refractivity contribution in [2.45, 2.75) is 63.3 Å². The number of rotatable bonds is 11. The summed E-state index contributed by atoms with van der Waals surface area (Å²) in [5.41, 5.74) is -0.403. The van der Waals surface area contributed by atoms with Crippen LogP contribution in [0.1, 0.15) is 43.0 Å². The van der Waals surface area contributed by atoms with Gasteiger partial charge < -0.3 is 10.2 Å². The molecule has 2 amide bonds. The molecule has 0 saturated heterocycles. The molecule has 0 heterocycles. The summed E-state index contributed by atoms with van der Waals surface area (Å²) in [6, 6.07) is 22.7. The molecule has 0 bridgehead atoms. The summed E-state index contributed by atoms with van der Waals surface area (Å²) < 4.78 is 70.9. The Kier molecular flexibility index (Phi) is 11.7. The topological polar surface area (TPSA) is 86.8 Å². The van der Waals surface area contributed by atoms with E-state index in [-0.39, 0.29) is 17.9 Å². The Labute approximate surface area is 294 Å². The van der Waals surface area contributed by atoms with Gasteiger partial charge >= 0.3 is 6.18 Å². The first-order valence-corrected chi connectivity index (χ1v) is 17.4. The Morgan fingerprint density at radius 3 is 2.06 bits per heavy atom. The van der Waals surface area contributed by atoms with E-state index in [2.05, 4.69) is 5.32 Å². The van der Waals surface area contributed by atoms with Crippen molar-refractivity contribution in [2.75, 3.05) is 10.8 Å². The van der Waals surface area contributed by atoms with Crippen molar-refractivity contribution >= 4 is 50.7 Å². The number of halogens is 5. The van der Waals surface area contributed by atoms with Crippen LogP contribution in [0, 0.1) is 6.92 Å². The fourth-order valence-corrected chi connectivity index (χ4v) is 6.93. The second-order valence-electron chi connectivity index (χ2n) is 12.6. The minimum Gasteiger partial charge on any atom is -0.350 e. The summed E-state index contributed by atoms with van der Waals surface area (Å²) in [5.74, 6) is -1.35. The van der Waals surface area contributed by atoms with E-state index in [1.165, 1.54) is 29.2 Å². The Balaban J connectivity index is 1.88. The van der Waals surface area contributed by atoms with Crippen molar-refractivity contribution in [1.29, 1.82) is 0 Å². The van der Waals surface area contributed by atoms with Gasteiger partial charge in [-0.1, -0.05) is 83.4 Å².